The average molecular weight is 269 g/mol. The fourth-order valence-electron chi connectivity index (χ4n) is 3.58. The highest BCUT2D eigenvalue weighted by Crippen LogP contribution is 2.45. The minimum Gasteiger partial charge on any atom is -0.414 e. The van der Waals surface area contributed by atoms with Crippen LogP contribution >= 0.6 is 0 Å². The topological polar surface area (TPSA) is 9.23 Å². The third kappa shape index (κ3) is 3.01. The first-order chi connectivity index (χ1) is 8.31. The Kier molecular flexibility index (Phi) is 4.28. The monoisotopic (exact) mass is 268 g/mol. The second-order valence-corrected chi connectivity index (χ2v) is 12.8. The van der Waals surface area contributed by atoms with Crippen LogP contribution in [0.5, 0.6) is 0 Å². The molecule has 106 valence electrons. The molecule has 2 rings (SSSR count). The Hall–Kier alpha value is 0.177. The van der Waals surface area contributed by atoms with Crippen LogP contribution in [0.3, 0.4) is 0 Å². The van der Waals surface area contributed by atoms with E-state index in [2.05, 4.69) is 33.9 Å². The van der Waals surface area contributed by atoms with Gasteiger partial charge in [-0.3, -0.25) is 0 Å². The molecule has 0 spiro atoms. The van der Waals surface area contributed by atoms with Gasteiger partial charge in [-0.25, -0.2) is 0 Å². The largest absolute Gasteiger partial charge is 0.414 e. The molecule has 0 aromatic carbocycles. The molecular formula is C16H32OSi. The van der Waals surface area contributed by atoms with E-state index >= 15 is 0 Å². The van der Waals surface area contributed by atoms with Gasteiger partial charge in [0.15, 0.2) is 8.32 Å². The molecule has 2 saturated carbocycles. The molecule has 0 aliphatic heterocycles. The normalized spacial score (nSPS) is 34.2. The maximum atomic E-state index is 6.75. The lowest BCUT2D eigenvalue weighted by Crippen LogP contribution is -2.48. The molecule has 2 fully saturated rings. The van der Waals surface area contributed by atoms with Gasteiger partial charge in [0.05, 0.1) is 0 Å². The molecule has 18 heavy (non-hydrogen) atoms. The van der Waals surface area contributed by atoms with Crippen LogP contribution in [-0.2, 0) is 4.43 Å². The molecule has 0 N–H and O–H groups in total. The Morgan fingerprint density at radius 2 is 1.50 bits per heavy atom. The van der Waals surface area contributed by atoms with Gasteiger partial charge in [0, 0.05) is 6.10 Å². The third-order valence-electron chi connectivity index (χ3n) is 5.76. The number of hydrogen-bond donors (Lipinski definition) is 0. The predicted molar refractivity (Wildman–Crippen MR) is 81.4 cm³/mol. The number of rotatable bonds is 2. The standard InChI is InChI=1S/C16H32OSi/c1-16(2,3)18(4,5)17-15-12-8-10-13-9-6-7-11-14(13)15/h13-15H,6-12H2,1-5H3/t13-,14-,15?/m0/s1. The van der Waals surface area contributed by atoms with Crippen molar-refractivity contribution in [1.82, 2.24) is 0 Å². The first-order valence-electron chi connectivity index (χ1n) is 7.99. The molecule has 1 nitrogen and oxygen atoms in total. The van der Waals surface area contributed by atoms with Gasteiger partial charge in [-0.05, 0) is 49.2 Å². The summed E-state index contributed by atoms with van der Waals surface area (Å²) < 4.78 is 6.75. The van der Waals surface area contributed by atoms with Gasteiger partial charge in [0.1, 0.15) is 0 Å². The van der Waals surface area contributed by atoms with Crippen LogP contribution in [0.2, 0.25) is 18.1 Å². The summed E-state index contributed by atoms with van der Waals surface area (Å²) in [5.41, 5.74) is 0. The Labute approximate surface area is 115 Å². The summed E-state index contributed by atoms with van der Waals surface area (Å²) in [6.07, 6.45) is 10.6. The van der Waals surface area contributed by atoms with Gasteiger partial charge >= 0.3 is 0 Å². The van der Waals surface area contributed by atoms with E-state index in [-0.39, 0.29) is 0 Å². The summed E-state index contributed by atoms with van der Waals surface area (Å²) in [6.45, 7) is 11.9. The molecule has 3 atom stereocenters. The quantitative estimate of drug-likeness (QED) is 0.612. The first kappa shape index (κ1) is 14.6. The van der Waals surface area contributed by atoms with E-state index in [9.17, 15) is 0 Å². The van der Waals surface area contributed by atoms with Crippen LogP contribution in [-0.4, -0.2) is 14.4 Å². The zero-order valence-electron chi connectivity index (χ0n) is 13.1. The summed E-state index contributed by atoms with van der Waals surface area (Å²) in [5.74, 6) is 1.88. The molecule has 0 radical (unpaired) electrons. The van der Waals surface area contributed by atoms with Crippen molar-refractivity contribution in [2.24, 2.45) is 11.8 Å². The van der Waals surface area contributed by atoms with Gasteiger partial charge in [0.2, 0.25) is 0 Å². The third-order valence-corrected chi connectivity index (χ3v) is 10.3. The molecule has 0 heterocycles. The molecule has 0 aromatic rings. The summed E-state index contributed by atoms with van der Waals surface area (Å²) in [5, 5.41) is 0.356. The van der Waals surface area contributed by atoms with Crippen LogP contribution < -0.4 is 0 Å². The highest BCUT2D eigenvalue weighted by molar-refractivity contribution is 6.74. The lowest BCUT2D eigenvalue weighted by molar-refractivity contribution is 0.0187. The molecule has 0 aromatic heterocycles. The summed E-state index contributed by atoms with van der Waals surface area (Å²) in [7, 11) is -1.57. The Bertz CT molecular complexity index is 277. The summed E-state index contributed by atoms with van der Waals surface area (Å²) in [6, 6.07) is 0. The molecule has 0 bridgehead atoms. The van der Waals surface area contributed by atoms with Gasteiger partial charge in [-0.2, -0.15) is 0 Å². The summed E-state index contributed by atoms with van der Waals surface area (Å²) >= 11 is 0. The van der Waals surface area contributed by atoms with Crippen LogP contribution in [0.25, 0.3) is 0 Å². The Morgan fingerprint density at radius 3 is 2.17 bits per heavy atom. The number of fused-ring (bicyclic) bond motifs is 1. The van der Waals surface area contributed by atoms with Crippen LogP contribution in [0, 0.1) is 11.8 Å². The minimum atomic E-state index is -1.57. The zero-order chi connectivity index (χ0) is 13.4. The van der Waals surface area contributed by atoms with Crippen molar-refractivity contribution >= 4 is 8.32 Å². The zero-order valence-corrected chi connectivity index (χ0v) is 14.1. The second-order valence-electron chi connectivity index (χ2n) is 8.06. The number of hydrogen-bond acceptors (Lipinski definition) is 1. The molecular weight excluding hydrogens is 236 g/mol. The fraction of sp³-hybridized carbons (Fsp3) is 1.00. The molecule has 0 saturated heterocycles. The van der Waals surface area contributed by atoms with Gasteiger partial charge < -0.3 is 4.43 Å². The average Bonchev–Trinajstić information content (AvgIpc) is 2.27. The van der Waals surface area contributed by atoms with E-state index < -0.39 is 8.32 Å². The smallest absolute Gasteiger partial charge is 0.192 e. The van der Waals surface area contributed by atoms with E-state index in [4.69, 9.17) is 4.43 Å². The van der Waals surface area contributed by atoms with Crippen LogP contribution in [0.15, 0.2) is 0 Å². The van der Waals surface area contributed by atoms with Crippen molar-refractivity contribution in [3.05, 3.63) is 0 Å². The van der Waals surface area contributed by atoms with Crippen molar-refractivity contribution in [1.29, 1.82) is 0 Å². The van der Waals surface area contributed by atoms with Gasteiger partial charge in [-0.1, -0.05) is 46.5 Å². The first-order valence-corrected chi connectivity index (χ1v) is 10.9. The second kappa shape index (κ2) is 5.28. The fourth-order valence-corrected chi connectivity index (χ4v) is 4.98. The van der Waals surface area contributed by atoms with E-state index in [0.29, 0.717) is 11.1 Å². The van der Waals surface area contributed by atoms with Crippen molar-refractivity contribution in [3.63, 3.8) is 0 Å². The van der Waals surface area contributed by atoms with Crippen molar-refractivity contribution in [2.75, 3.05) is 0 Å². The van der Waals surface area contributed by atoms with Crippen LogP contribution in [0.4, 0.5) is 0 Å². The van der Waals surface area contributed by atoms with Gasteiger partial charge in [-0.15, -0.1) is 0 Å². The molecule has 1 unspecified atom stereocenters. The predicted octanol–water partition coefficient (Wildman–Crippen LogP) is 5.37. The Morgan fingerprint density at radius 1 is 0.889 bits per heavy atom. The lowest BCUT2D eigenvalue weighted by atomic mass is 9.69. The molecule has 0 amide bonds. The van der Waals surface area contributed by atoms with E-state index in [1.165, 1.54) is 44.9 Å². The van der Waals surface area contributed by atoms with E-state index in [0.717, 1.165) is 11.8 Å². The van der Waals surface area contributed by atoms with E-state index in [1.54, 1.807) is 0 Å². The SMILES string of the molecule is CC(C)(C)[Si](C)(C)OC1CCC[C@@H]2CCCC[C@H]12. The van der Waals surface area contributed by atoms with E-state index in [1.807, 2.05) is 0 Å². The maximum Gasteiger partial charge on any atom is 0.192 e. The van der Waals surface area contributed by atoms with Crippen LogP contribution in [0.1, 0.15) is 65.7 Å². The maximum absolute atomic E-state index is 6.75. The van der Waals surface area contributed by atoms with Crippen molar-refractivity contribution in [2.45, 2.75) is 90.0 Å². The van der Waals surface area contributed by atoms with Gasteiger partial charge in [0.25, 0.3) is 0 Å². The van der Waals surface area contributed by atoms with Crippen molar-refractivity contribution in [3.8, 4) is 0 Å². The molecule has 2 aliphatic rings. The lowest BCUT2D eigenvalue weighted by Gasteiger charge is -2.47. The van der Waals surface area contributed by atoms with Crippen molar-refractivity contribution < 1.29 is 4.43 Å². The highest BCUT2D eigenvalue weighted by atomic mass is 28.4. The minimum absolute atomic E-state index is 0.356. The Balaban J connectivity index is 2.03. The highest BCUT2D eigenvalue weighted by Gasteiger charge is 2.43. The molecule has 2 heteroatoms. The molecule has 2 aliphatic carbocycles. The summed E-state index contributed by atoms with van der Waals surface area (Å²) in [4.78, 5) is 0.